The fraction of sp³-hybridized carbons (Fsp3) is 0.500. The summed E-state index contributed by atoms with van der Waals surface area (Å²) in [4.78, 5) is 10.00. The molecule has 0 aromatic carbocycles. The van der Waals surface area contributed by atoms with Crippen LogP contribution >= 0.6 is 0 Å². The molecule has 0 N–H and O–H groups in total. The van der Waals surface area contributed by atoms with Gasteiger partial charge in [-0.3, -0.25) is 4.79 Å². The number of rotatable bonds is 7. The Labute approximate surface area is 93.6 Å². The number of hydrogen-bond acceptors (Lipinski definition) is 1. The molecule has 0 saturated heterocycles. The van der Waals surface area contributed by atoms with Gasteiger partial charge >= 0.3 is 0 Å². The van der Waals surface area contributed by atoms with E-state index in [4.69, 9.17) is 0 Å². The van der Waals surface area contributed by atoms with Crippen LogP contribution in [0.4, 0.5) is 0 Å². The van der Waals surface area contributed by atoms with E-state index in [2.05, 4.69) is 32.9 Å². The van der Waals surface area contributed by atoms with Gasteiger partial charge in [-0.1, -0.05) is 29.4 Å². The van der Waals surface area contributed by atoms with Gasteiger partial charge in [0.05, 0.1) is 0 Å². The Hall–Kier alpha value is -1.11. The van der Waals surface area contributed by atoms with Crippen molar-refractivity contribution in [2.45, 2.75) is 46.5 Å². The Morgan fingerprint density at radius 1 is 1.00 bits per heavy atom. The second-order valence-corrected chi connectivity index (χ2v) is 4.01. The molecule has 84 valence electrons. The largest absolute Gasteiger partial charge is 0.299 e. The monoisotopic (exact) mass is 206 g/mol. The number of hydrogen-bond donors (Lipinski definition) is 0. The first kappa shape index (κ1) is 13.9. The predicted molar refractivity (Wildman–Crippen MR) is 66.9 cm³/mol. The molecule has 0 aromatic rings. The number of carbonyl (C=O) groups is 1. The maximum Gasteiger partial charge on any atom is 0.142 e. The van der Waals surface area contributed by atoms with Gasteiger partial charge in [-0.2, -0.15) is 0 Å². The highest BCUT2D eigenvalue weighted by molar-refractivity contribution is 5.64. The van der Waals surface area contributed by atoms with Crippen LogP contribution in [0.25, 0.3) is 0 Å². The molecule has 0 unspecified atom stereocenters. The first-order chi connectivity index (χ1) is 7.16. The van der Waals surface area contributed by atoms with Gasteiger partial charge in [0.25, 0.3) is 0 Å². The lowest BCUT2D eigenvalue weighted by atomic mass is 10.1. The molecule has 0 saturated carbocycles. The van der Waals surface area contributed by atoms with E-state index in [0.29, 0.717) is 0 Å². The van der Waals surface area contributed by atoms with E-state index in [-0.39, 0.29) is 0 Å². The Balaban J connectivity index is 3.65. The molecule has 0 aliphatic rings. The van der Waals surface area contributed by atoms with Crippen LogP contribution in [0.1, 0.15) is 46.5 Å². The van der Waals surface area contributed by atoms with Crippen molar-refractivity contribution in [2.24, 2.45) is 0 Å². The van der Waals surface area contributed by atoms with Crippen LogP contribution in [0.2, 0.25) is 0 Å². The van der Waals surface area contributed by atoms with Crippen molar-refractivity contribution in [1.29, 1.82) is 0 Å². The molecular formula is C14H22O. The average molecular weight is 206 g/mol. The maximum atomic E-state index is 10.00. The summed E-state index contributed by atoms with van der Waals surface area (Å²) in [5.74, 6) is 0. The molecule has 1 nitrogen and oxygen atoms in total. The fourth-order valence-corrected chi connectivity index (χ4v) is 1.27. The fourth-order valence-electron chi connectivity index (χ4n) is 1.27. The number of unbranched alkanes of at least 4 members (excludes halogenated alkanes) is 1. The van der Waals surface area contributed by atoms with Crippen molar-refractivity contribution in [3.63, 3.8) is 0 Å². The molecule has 1 heteroatoms. The van der Waals surface area contributed by atoms with E-state index in [1.165, 1.54) is 11.1 Å². The number of carbonyl (C=O) groups excluding carboxylic acids is 1. The lowest BCUT2D eigenvalue weighted by Crippen LogP contribution is -1.77. The minimum atomic E-state index is 0.825. The van der Waals surface area contributed by atoms with Crippen molar-refractivity contribution in [3.05, 3.63) is 35.5 Å². The maximum absolute atomic E-state index is 10.00. The summed E-state index contributed by atoms with van der Waals surface area (Å²) in [5.41, 5.74) is 2.82. The van der Waals surface area contributed by atoms with E-state index in [9.17, 15) is 4.79 Å². The number of allylic oxidation sites excluding steroid dienone is 6. The molecule has 0 aromatic heterocycles. The highest BCUT2D eigenvalue weighted by Gasteiger charge is 1.88. The van der Waals surface area contributed by atoms with Crippen molar-refractivity contribution in [1.82, 2.24) is 0 Å². The van der Waals surface area contributed by atoms with E-state index in [0.717, 1.165) is 32.0 Å². The van der Waals surface area contributed by atoms with Crippen LogP contribution in [0, 0.1) is 0 Å². The summed E-state index contributed by atoms with van der Waals surface area (Å²) in [6.45, 7) is 6.43. The molecule has 0 aliphatic heterocycles. The van der Waals surface area contributed by atoms with E-state index in [1.54, 1.807) is 6.08 Å². The zero-order valence-corrected chi connectivity index (χ0v) is 10.1. The molecule has 0 atom stereocenters. The van der Waals surface area contributed by atoms with Crippen molar-refractivity contribution >= 4 is 6.29 Å². The summed E-state index contributed by atoms with van der Waals surface area (Å²) in [5, 5.41) is 0. The summed E-state index contributed by atoms with van der Waals surface area (Å²) in [6.07, 6.45) is 13.1. The number of aldehydes is 1. The lowest BCUT2D eigenvalue weighted by molar-refractivity contribution is -0.104. The highest BCUT2D eigenvalue weighted by atomic mass is 16.1. The van der Waals surface area contributed by atoms with Crippen LogP contribution in [-0.2, 0) is 4.79 Å². The second-order valence-electron chi connectivity index (χ2n) is 4.01. The van der Waals surface area contributed by atoms with Gasteiger partial charge in [0.1, 0.15) is 6.29 Å². The van der Waals surface area contributed by atoms with Crippen molar-refractivity contribution in [2.75, 3.05) is 0 Å². The third-order valence-electron chi connectivity index (χ3n) is 2.13. The predicted octanol–water partition coefficient (Wildman–Crippen LogP) is 4.21. The van der Waals surface area contributed by atoms with Crippen molar-refractivity contribution in [3.8, 4) is 0 Å². The van der Waals surface area contributed by atoms with E-state index < -0.39 is 0 Å². The molecule has 0 aliphatic carbocycles. The van der Waals surface area contributed by atoms with Crippen LogP contribution < -0.4 is 0 Å². The topological polar surface area (TPSA) is 17.1 Å². The summed E-state index contributed by atoms with van der Waals surface area (Å²) < 4.78 is 0. The highest BCUT2D eigenvalue weighted by Crippen LogP contribution is 2.08. The van der Waals surface area contributed by atoms with Gasteiger partial charge in [-0.25, -0.2) is 0 Å². The molecule has 0 spiro atoms. The van der Waals surface area contributed by atoms with Crippen LogP contribution in [0.3, 0.4) is 0 Å². The molecular weight excluding hydrogens is 184 g/mol. The zero-order valence-electron chi connectivity index (χ0n) is 10.1. The Kier molecular flexibility index (Phi) is 8.75. The van der Waals surface area contributed by atoms with E-state index >= 15 is 0 Å². The van der Waals surface area contributed by atoms with Gasteiger partial charge in [0, 0.05) is 0 Å². The Bertz CT molecular complexity index is 253. The van der Waals surface area contributed by atoms with Gasteiger partial charge in [0.2, 0.25) is 0 Å². The van der Waals surface area contributed by atoms with Gasteiger partial charge < -0.3 is 0 Å². The van der Waals surface area contributed by atoms with Gasteiger partial charge in [0.15, 0.2) is 0 Å². The van der Waals surface area contributed by atoms with Crippen LogP contribution in [-0.4, -0.2) is 6.29 Å². The van der Waals surface area contributed by atoms with Gasteiger partial charge in [-0.15, -0.1) is 0 Å². The summed E-state index contributed by atoms with van der Waals surface area (Å²) in [6, 6.07) is 0. The molecule has 15 heavy (non-hydrogen) atoms. The van der Waals surface area contributed by atoms with Crippen molar-refractivity contribution < 1.29 is 4.79 Å². The Morgan fingerprint density at radius 3 is 2.33 bits per heavy atom. The zero-order chi connectivity index (χ0) is 11.5. The average Bonchev–Trinajstić information content (AvgIpc) is 2.17. The summed E-state index contributed by atoms with van der Waals surface area (Å²) in [7, 11) is 0. The minimum absolute atomic E-state index is 0.825. The standard InChI is InChI=1S/C14H22O/c1-13(2)9-8-11-14(3)10-6-4-5-7-12-15/h5,7,9-10,12H,4,6,8,11H2,1-3H3/b7-5+,14-10+. The van der Waals surface area contributed by atoms with Gasteiger partial charge in [-0.05, 0) is 52.5 Å². The molecule has 0 amide bonds. The van der Waals surface area contributed by atoms with Crippen LogP contribution in [0.5, 0.6) is 0 Å². The lowest BCUT2D eigenvalue weighted by Gasteiger charge is -1.98. The molecule has 0 bridgehead atoms. The van der Waals surface area contributed by atoms with Crippen LogP contribution in [0.15, 0.2) is 35.5 Å². The molecule has 0 rings (SSSR count). The van der Waals surface area contributed by atoms with E-state index in [1.807, 2.05) is 6.08 Å². The smallest absolute Gasteiger partial charge is 0.142 e. The molecule has 0 fully saturated rings. The SMILES string of the molecule is CC(C)=CCC/C(C)=C/CC/C=C/C=O. The Morgan fingerprint density at radius 2 is 1.73 bits per heavy atom. The molecule has 0 radical (unpaired) electrons. The molecule has 0 heterocycles. The minimum Gasteiger partial charge on any atom is -0.299 e. The normalized spacial score (nSPS) is 11.8. The quantitative estimate of drug-likeness (QED) is 0.264. The second kappa shape index (κ2) is 9.45. The first-order valence-electron chi connectivity index (χ1n) is 5.56. The summed E-state index contributed by atoms with van der Waals surface area (Å²) >= 11 is 0. The third-order valence-corrected chi connectivity index (χ3v) is 2.13. The third kappa shape index (κ3) is 10.8. The first-order valence-corrected chi connectivity index (χ1v) is 5.56.